The van der Waals surface area contributed by atoms with Crippen LogP contribution in [0.15, 0.2) is 73.8 Å². The van der Waals surface area contributed by atoms with Gasteiger partial charge in [-0.25, -0.2) is 0 Å². The average Bonchev–Trinajstić information content (AvgIpc) is 3.69. The third-order valence-corrected chi connectivity index (χ3v) is 9.37. The number of rotatable bonds is 14. The number of aliphatic hydroxyl groups is 1. The lowest BCUT2D eigenvalue weighted by Crippen LogP contribution is -2.57. The summed E-state index contributed by atoms with van der Waals surface area (Å²) in [6.45, 7) is 11.2. The summed E-state index contributed by atoms with van der Waals surface area (Å²) in [6.07, 6.45) is 3.55. The maximum Gasteiger partial charge on any atom is 0.313 e. The summed E-state index contributed by atoms with van der Waals surface area (Å²) in [5, 5.41) is 12.8. The second kappa shape index (κ2) is 14.0. The molecule has 6 atom stereocenters. The van der Waals surface area contributed by atoms with Gasteiger partial charge in [0.1, 0.15) is 17.7 Å². The number of anilines is 1. The van der Waals surface area contributed by atoms with Crippen LogP contribution in [0.5, 0.6) is 0 Å². The number of carbonyl (C=O) groups is 4. The van der Waals surface area contributed by atoms with Crippen LogP contribution in [0.2, 0.25) is 0 Å². The average molecular weight is 630 g/mol. The first kappa shape index (κ1) is 33.1. The quantitative estimate of drug-likeness (QED) is 0.242. The fourth-order valence-corrected chi connectivity index (χ4v) is 7.28. The summed E-state index contributed by atoms with van der Waals surface area (Å²) in [5.41, 5.74) is 1.99. The number of benzene rings is 2. The number of nitrogens with zero attached hydrogens (tertiary/aromatic N) is 2. The number of aliphatic hydroxyl groups excluding tert-OH is 1. The molecule has 2 N–H and O–H groups in total. The molecule has 10 nitrogen and oxygen atoms in total. The topological polar surface area (TPSA) is 125 Å². The van der Waals surface area contributed by atoms with Gasteiger partial charge in [0, 0.05) is 25.2 Å². The van der Waals surface area contributed by atoms with Crippen LogP contribution in [0, 0.1) is 25.7 Å². The van der Waals surface area contributed by atoms with Crippen LogP contribution in [-0.2, 0) is 28.7 Å². The monoisotopic (exact) mass is 629 g/mol. The number of hydrogen-bond donors (Lipinski definition) is 2. The molecule has 3 amide bonds. The lowest BCUT2D eigenvalue weighted by molar-refractivity contribution is -0.160. The van der Waals surface area contributed by atoms with Gasteiger partial charge in [-0.3, -0.25) is 19.2 Å². The van der Waals surface area contributed by atoms with Crippen molar-refractivity contribution in [1.82, 2.24) is 10.2 Å². The fraction of sp³-hybridized carbons (Fsp3) is 0.444. The molecule has 5 rings (SSSR count). The lowest BCUT2D eigenvalue weighted by atomic mass is 9.70. The van der Waals surface area contributed by atoms with Gasteiger partial charge in [0.25, 0.3) is 5.91 Å². The van der Waals surface area contributed by atoms with Crippen molar-refractivity contribution in [2.45, 2.75) is 63.4 Å². The number of likely N-dealkylation sites (tertiary alicyclic amines) is 1. The Balaban J connectivity index is 1.45. The van der Waals surface area contributed by atoms with Gasteiger partial charge in [0.2, 0.25) is 11.8 Å². The number of amides is 3. The van der Waals surface area contributed by atoms with Crippen LogP contribution in [0.25, 0.3) is 0 Å². The molecule has 10 heteroatoms. The first-order chi connectivity index (χ1) is 22.2. The molecule has 3 fully saturated rings. The highest BCUT2D eigenvalue weighted by molar-refractivity contribution is 6.05. The van der Waals surface area contributed by atoms with E-state index < -0.39 is 47.6 Å². The van der Waals surface area contributed by atoms with E-state index in [1.54, 1.807) is 17.1 Å². The molecule has 2 aromatic rings. The molecule has 2 aromatic carbocycles. The predicted molar refractivity (Wildman–Crippen MR) is 173 cm³/mol. The van der Waals surface area contributed by atoms with Gasteiger partial charge in [0.15, 0.2) is 0 Å². The van der Waals surface area contributed by atoms with E-state index in [0.29, 0.717) is 30.5 Å². The van der Waals surface area contributed by atoms with Crippen molar-refractivity contribution in [1.29, 1.82) is 0 Å². The van der Waals surface area contributed by atoms with E-state index in [-0.39, 0.29) is 44.5 Å². The van der Waals surface area contributed by atoms with E-state index in [0.717, 1.165) is 11.1 Å². The van der Waals surface area contributed by atoms with Crippen molar-refractivity contribution in [3.63, 3.8) is 0 Å². The molecule has 0 aliphatic carbocycles. The highest BCUT2D eigenvalue weighted by Crippen LogP contribution is 2.59. The molecular weight excluding hydrogens is 586 g/mol. The van der Waals surface area contributed by atoms with Gasteiger partial charge in [-0.2, -0.15) is 0 Å². The molecule has 3 heterocycles. The summed E-state index contributed by atoms with van der Waals surface area (Å²) < 4.78 is 12.6. The Hall–Kier alpha value is -4.28. The smallest absolute Gasteiger partial charge is 0.313 e. The fourth-order valence-electron chi connectivity index (χ4n) is 7.28. The molecule has 0 saturated carbocycles. The maximum atomic E-state index is 14.6. The number of fused-ring (bicyclic) bond motifs is 1. The van der Waals surface area contributed by atoms with E-state index in [2.05, 4.69) is 18.5 Å². The first-order valence-corrected chi connectivity index (χ1v) is 15.9. The molecular formula is C36H43N3O7. The van der Waals surface area contributed by atoms with Crippen LogP contribution in [0.1, 0.15) is 48.5 Å². The van der Waals surface area contributed by atoms with Crippen molar-refractivity contribution >= 4 is 29.4 Å². The summed E-state index contributed by atoms with van der Waals surface area (Å²) in [7, 11) is 0. The largest absolute Gasteiger partial charge is 0.455 e. The molecule has 0 radical (unpaired) electrons. The second-order valence-electron chi connectivity index (χ2n) is 12.3. The zero-order valence-electron chi connectivity index (χ0n) is 26.5. The van der Waals surface area contributed by atoms with Crippen molar-refractivity contribution in [3.8, 4) is 0 Å². The molecule has 3 aliphatic rings. The Morgan fingerprint density at radius 1 is 1.17 bits per heavy atom. The third-order valence-electron chi connectivity index (χ3n) is 9.37. The Morgan fingerprint density at radius 3 is 2.63 bits per heavy atom. The van der Waals surface area contributed by atoms with Gasteiger partial charge >= 0.3 is 5.97 Å². The van der Waals surface area contributed by atoms with Gasteiger partial charge in [-0.05, 0) is 55.9 Å². The summed E-state index contributed by atoms with van der Waals surface area (Å²) in [4.78, 5) is 58.2. The number of β-amino-alcohol motifs (C(OH)–C–C–N with tert-alkyl or cyclic N) is 1. The van der Waals surface area contributed by atoms with Crippen LogP contribution in [0.3, 0.4) is 0 Å². The number of ether oxygens (including phenoxy) is 2. The highest BCUT2D eigenvalue weighted by atomic mass is 16.6. The minimum absolute atomic E-state index is 0.0534. The Labute approximate surface area is 270 Å². The van der Waals surface area contributed by atoms with E-state index >= 15 is 0 Å². The van der Waals surface area contributed by atoms with Crippen molar-refractivity contribution < 1.29 is 33.8 Å². The number of nitrogens with one attached hydrogen (secondary N) is 1. The lowest BCUT2D eigenvalue weighted by Gasteiger charge is -2.37. The number of carbonyl (C=O) groups excluding carboxylic acids is 4. The normalized spacial score (nSPS) is 25.1. The first-order valence-electron chi connectivity index (χ1n) is 15.9. The predicted octanol–water partition coefficient (Wildman–Crippen LogP) is 3.56. The van der Waals surface area contributed by atoms with E-state index in [9.17, 15) is 24.3 Å². The maximum absolute atomic E-state index is 14.6. The van der Waals surface area contributed by atoms with Crippen molar-refractivity contribution in [2.75, 3.05) is 31.1 Å². The second-order valence-corrected chi connectivity index (χ2v) is 12.3. The van der Waals surface area contributed by atoms with Crippen molar-refractivity contribution in [2.24, 2.45) is 11.8 Å². The van der Waals surface area contributed by atoms with Crippen LogP contribution >= 0.6 is 0 Å². The number of hydrogen-bond acceptors (Lipinski definition) is 7. The number of aryl methyl sites for hydroxylation is 2. The summed E-state index contributed by atoms with van der Waals surface area (Å²) in [5.74, 6) is -3.48. The SMILES string of the molecule is C=CCCC(=O)NC[C@H](OC(=O)[C@@H]1[C@@H]2CC[C@]3(O2)[C@H](C(=O)N(CC=C)c2cc(C)ccc2C)N(CCO)C(=O)[C@@H]13)c1ccccc1. The molecule has 3 aliphatic heterocycles. The minimum Gasteiger partial charge on any atom is -0.455 e. The Kier molecular flexibility index (Phi) is 10.1. The van der Waals surface area contributed by atoms with Gasteiger partial charge < -0.3 is 29.7 Å². The van der Waals surface area contributed by atoms with Crippen LogP contribution in [0.4, 0.5) is 5.69 Å². The van der Waals surface area contributed by atoms with Crippen molar-refractivity contribution in [3.05, 3.63) is 90.5 Å². The zero-order valence-corrected chi connectivity index (χ0v) is 26.5. The molecule has 3 saturated heterocycles. The van der Waals surface area contributed by atoms with Crippen LogP contribution < -0.4 is 10.2 Å². The summed E-state index contributed by atoms with van der Waals surface area (Å²) in [6, 6.07) is 13.9. The minimum atomic E-state index is -1.25. The molecule has 0 aromatic heterocycles. The van der Waals surface area contributed by atoms with E-state index in [1.807, 2.05) is 62.4 Å². The number of allylic oxidation sites excluding steroid dienone is 1. The van der Waals surface area contributed by atoms with Gasteiger partial charge in [-0.1, -0.05) is 54.6 Å². The highest BCUT2D eigenvalue weighted by Gasteiger charge is 2.75. The molecule has 0 unspecified atom stereocenters. The third kappa shape index (κ3) is 6.11. The van der Waals surface area contributed by atoms with Gasteiger partial charge in [0.05, 0.1) is 31.1 Å². The molecule has 2 bridgehead atoms. The van der Waals surface area contributed by atoms with Gasteiger partial charge in [-0.15, -0.1) is 13.2 Å². The molecule has 244 valence electrons. The zero-order chi connectivity index (χ0) is 33.0. The van der Waals surface area contributed by atoms with E-state index in [1.165, 1.54) is 4.90 Å². The number of esters is 1. The van der Waals surface area contributed by atoms with Crippen LogP contribution in [-0.4, -0.2) is 77.7 Å². The molecule has 46 heavy (non-hydrogen) atoms. The Bertz CT molecular complexity index is 1490. The summed E-state index contributed by atoms with van der Waals surface area (Å²) >= 11 is 0. The molecule has 1 spiro atoms. The Morgan fingerprint density at radius 2 is 1.93 bits per heavy atom. The standard InChI is InChI=1S/C36H43N3O7/c1-5-7-13-29(41)37-22-28(25-11-9-8-10-12-25)45-35(44)30-27-16-17-36(46-27)31(30)33(42)39(19-20-40)32(36)34(43)38(18-6-2)26-21-23(3)14-15-24(26)4/h5-6,8-12,14-15,21,27-28,30-32,40H,1-2,7,13,16-20,22H2,3-4H3,(H,37,41)/t27-,28-,30+,31+,32-,36+/m0/s1. The van der Waals surface area contributed by atoms with E-state index in [4.69, 9.17) is 9.47 Å².